The third-order valence-corrected chi connectivity index (χ3v) is 3.46. The van der Waals surface area contributed by atoms with Gasteiger partial charge in [-0.05, 0) is 24.6 Å². The van der Waals surface area contributed by atoms with Crippen LogP contribution in [-0.2, 0) is 7.05 Å². The molecule has 0 saturated carbocycles. The molecule has 0 fully saturated rings. The van der Waals surface area contributed by atoms with Crippen LogP contribution >= 0.6 is 11.6 Å². The number of nitrogens with one attached hydrogen (secondary N) is 2. The third-order valence-electron chi connectivity index (χ3n) is 3.19. The Bertz CT molecular complexity index is 878. The molecule has 0 unspecified atom stereocenters. The van der Waals surface area contributed by atoms with Gasteiger partial charge in [0.2, 0.25) is 5.95 Å². The van der Waals surface area contributed by atoms with Gasteiger partial charge in [0.15, 0.2) is 5.82 Å². The fourth-order valence-corrected chi connectivity index (χ4v) is 2.21. The largest absolute Gasteiger partial charge is 0.356 e. The van der Waals surface area contributed by atoms with E-state index in [1.54, 1.807) is 24.1 Å². The Morgan fingerprint density at radius 3 is 2.56 bits per heavy atom. The Hall–Kier alpha value is -2.74. The minimum atomic E-state index is -0.703. The molecule has 2 radical (unpaired) electrons. The number of hydrogen-bond acceptors (Lipinski definition) is 5. The van der Waals surface area contributed by atoms with Crippen molar-refractivity contribution in [3.8, 4) is 0 Å². The number of benzene rings is 1. The smallest absolute Gasteiger partial charge is 0.229 e. The van der Waals surface area contributed by atoms with Gasteiger partial charge in [-0.2, -0.15) is 10.1 Å². The van der Waals surface area contributed by atoms with Crippen molar-refractivity contribution in [2.24, 2.45) is 7.05 Å². The number of halogens is 3. The maximum absolute atomic E-state index is 13.3. The van der Waals surface area contributed by atoms with E-state index in [9.17, 15) is 8.78 Å². The molecule has 25 heavy (non-hydrogen) atoms. The molecule has 0 aliphatic rings. The van der Waals surface area contributed by atoms with Crippen LogP contribution in [0.25, 0.3) is 0 Å². The average Bonchev–Trinajstić information content (AvgIpc) is 2.94. The third kappa shape index (κ3) is 4.21. The second kappa shape index (κ2) is 7.02. The quantitative estimate of drug-likeness (QED) is 0.724. The lowest BCUT2D eigenvalue weighted by Crippen LogP contribution is -2.11. The van der Waals surface area contributed by atoms with Gasteiger partial charge in [0.05, 0.1) is 24.1 Å². The summed E-state index contributed by atoms with van der Waals surface area (Å²) in [4.78, 5) is 8.31. The average molecular weight is 363 g/mol. The van der Waals surface area contributed by atoms with Crippen LogP contribution in [0.5, 0.6) is 0 Å². The van der Waals surface area contributed by atoms with Crippen LogP contribution in [0.15, 0.2) is 36.8 Å². The zero-order chi connectivity index (χ0) is 18.0. The van der Waals surface area contributed by atoms with Gasteiger partial charge in [0, 0.05) is 19.3 Å². The van der Waals surface area contributed by atoms with Crippen molar-refractivity contribution < 1.29 is 8.78 Å². The summed E-state index contributed by atoms with van der Waals surface area (Å²) in [6.45, 7) is 3.76. The van der Waals surface area contributed by atoms with Crippen LogP contribution in [0, 0.1) is 24.6 Å². The van der Waals surface area contributed by atoms with Gasteiger partial charge in [-0.3, -0.25) is 4.68 Å². The summed E-state index contributed by atoms with van der Waals surface area (Å²) in [6, 6.07) is 3.33. The molecule has 0 saturated heterocycles. The molecular formula is C16H13ClF2N6. The van der Waals surface area contributed by atoms with Crippen LogP contribution < -0.4 is 10.6 Å². The van der Waals surface area contributed by atoms with Crippen LogP contribution in [0.3, 0.4) is 0 Å². The van der Waals surface area contributed by atoms with E-state index >= 15 is 0 Å². The number of anilines is 3. The zero-order valence-corrected chi connectivity index (χ0v) is 13.8. The van der Waals surface area contributed by atoms with E-state index in [-0.39, 0.29) is 28.4 Å². The van der Waals surface area contributed by atoms with E-state index < -0.39 is 11.6 Å². The molecule has 0 aliphatic carbocycles. The summed E-state index contributed by atoms with van der Waals surface area (Å²) in [6.07, 6.45) is 4.76. The van der Waals surface area contributed by atoms with Crippen molar-refractivity contribution in [3.05, 3.63) is 72.0 Å². The molecule has 2 N–H and O–H groups in total. The molecule has 9 heteroatoms. The molecule has 0 atom stereocenters. The summed E-state index contributed by atoms with van der Waals surface area (Å²) in [5.41, 5.74) is 0.941. The van der Waals surface area contributed by atoms with Gasteiger partial charge in [-0.15, -0.1) is 0 Å². The summed E-state index contributed by atoms with van der Waals surface area (Å²) < 4.78 is 28.3. The topological polar surface area (TPSA) is 67.7 Å². The van der Waals surface area contributed by atoms with Crippen molar-refractivity contribution in [2.45, 2.75) is 0 Å². The molecule has 3 aromatic rings. The van der Waals surface area contributed by atoms with Crippen LogP contribution in [0.4, 0.5) is 26.2 Å². The van der Waals surface area contributed by atoms with Gasteiger partial charge in [-0.1, -0.05) is 11.6 Å². The molecule has 2 heterocycles. The minimum absolute atomic E-state index is 0.231. The van der Waals surface area contributed by atoms with Gasteiger partial charge in [0.1, 0.15) is 16.7 Å². The maximum atomic E-state index is 13.3. The first-order valence-electron chi connectivity index (χ1n) is 7.11. The Morgan fingerprint density at radius 2 is 1.92 bits per heavy atom. The van der Waals surface area contributed by atoms with Crippen molar-refractivity contribution in [3.63, 3.8) is 0 Å². The molecule has 3 rings (SSSR count). The summed E-state index contributed by atoms with van der Waals surface area (Å²) in [7, 11) is 1.78. The Labute approximate surface area is 147 Å². The Morgan fingerprint density at radius 1 is 1.20 bits per heavy atom. The molecule has 0 aliphatic heterocycles. The van der Waals surface area contributed by atoms with Gasteiger partial charge < -0.3 is 10.6 Å². The van der Waals surface area contributed by atoms with E-state index in [1.165, 1.54) is 6.20 Å². The lowest BCUT2D eigenvalue weighted by molar-refractivity contribution is 0.581. The highest BCUT2D eigenvalue weighted by Crippen LogP contribution is 2.25. The highest BCUT2D eigenvalue weighted by molar-refractivity contribution is 6.32. The monoisotopic (exact) mass is 362 g/mol. The van der Waals surface area contributed by atoms with Gasteiger partial charge in [0.25, 0.3) is 0 Å². The molecule has 1 aromatic carbocycles. The zero-order valence-electron chi connectivity index (χ0n) is 13.1. The number of aromatic nitrogens is 4. The SMILES string of the molecule is [CH2][C](Nc1nc(Nc2cnn(C)c2)ncc1Cl)c1cc(F)cc(F)c1. The number of hydrogen-bond donors (Lipinski definition) is 2. The van der Waals surface area contributed by atoms with Crippen LogP contribution in [0.2, 0.25) is 5.02 Å². The van der Waals surface area contributed by atoms with E-state index in [4.69, 9.17) is 11.6 Å². The maximum Gasteiger partial charge on any atom is 0.229 e. The van der Waals surface area contributed by atoms with E-state index in [0.717, 1.165) is 18.2 Å². The predicted octanol–water partition coefficient (Wildman–Crippen LogP) is 3.71. The fourth-order valence-electron chi connectivity index (χ4n) is 2.07. The minimum Gasteiger partial charge on any atom is -0.356 e. The first-order valence-corrected chi connectivity index (χ1v) is 7.49. The van der Waals surface area contributed by atoms with Gasteiger partial charge >= 0.3 is 0 Å². The van der Waals surface area contributed by atoms with Gasteiger partial charge in [-0.25, -0.2) is 13.8 Å². The summed E-state index contributed by atoms with van der Waals surface area (Å²) >= 11 is 6.08. The van der Waals surface area contributed by atoms with E-state index in [1.807, 2.05) is 0 Å². The van der Waals surface area contributed by atoms with E-state index in [2.05, 4.69) is 32.6 Å². The molecule has 0 bridgehead atoms. The Kier molecular flexibility index (Phi) is 4.80. The van der Waals surface area contributed by atoms with Crippen molar-refractivity contribution in [1.82, 2.24) is 19.7 Å². The van der Waals surface area contributed by atoms with Crippen LogP contribution in [-0.4, -0.2) is 19.7 Å². The normalized spacial score (nSPS) is 11.0. The molecule has 128 valence electrons. The summed E-state index contributed by atoms with van der Waals surface area (Å²) in [5.74, 6) is -0.882. The molecule has 2 aromatic heterocycles. The Balaban J connectivity index is 1.80. The predicted molar refractivity (Wildman–Crippen MR) is 91.2 cm³/mol. The number of aryl methyl sites for hydroxylation is 1. The highest BCUT2D eigenvalue weighted by Gasteiger charge is 2.14. The molecule has 0 amide bonds. The molecule has 0 spiro atoms. The lowest BCUT2D eigenvalue weighted by Gasteiger charge is -2.15. The van der Waals surface area contributed by atoms with E-state index in [0.29, 0.717) is 5.69 Å². The second-order valence-electron chi connectivity index (χ2n) is 5.18. The van der Waals surface area contributed by atoms with Crippen molar-refractivity contribution >= 4 is 29.1 Å². The van der Waals surface area contributed by atoms with Crippen molar-refractivity contribution in [1.29, 1.82) is 0 Å². The lowest BCUT2D eigenvalue weighted by atomic mass is 10.1. The standard InChI is InChI=1S/C16H13ClF2N6/c1-9(10-3-11(18)5-12(19)4-10)22-15-14(17)7-20-16(24-15)23-13-6-21-25(2)8-13/h3-8H,1H2,2H3,(H2,20,22,23,24). The highest BCUT2D eigenvalue weighted by atomic mass is 35.5. The fraction of sp³-hybridized carbons (Fsp3) is 0.0625. The van der Waals surface area contributed by atoms with Crippen molar-refractivity contribution in [2.75, 3.05) is 10.6 Å². The van der Waals surface area contributed by atoms with Crippen LogP contribution in [0.1, 0.15) is 5.56 Å². The first-order chi connectivity index (χ1) is 11.9. The summed E-state index contributed by atoms with van der Waals surface area (Å²) in [5, 5.41) is 10.1. The second-order valence-corrected chi connectivity index (χ2v) is 5.59. The number of nitrogens with zero attached hydrogens (tertiary/aromatic N) is 4. The molecular weight excluding hydrogens is 350 g/mol. The number of rotatable bonds is 5. The first kappa shape index (κ1) is 17.1. The molecule has 6 nitrogen and oxygen atoms in total.